The zero-order valence-corrected chi connectivity index (χ0v) is 22.4. The number of benzene rings is 2. The van der Waals surface area contributed by atoms with Crippen molar-refractivity contribution in [1.82, 2.24) is 19.9 Å². The molecule has 2 N–H and O–H groups in total. The van der Waals surface area contributed by atoms with E-state index in [9.17, 15) is 13.2 Å². The maximum absolute atomic E-state index is 13.9. The molecule has 3 heterocycles. The predicted molar refractivity (Wildman–Crippen MR) is 149 cm³/mol. The third kappa shape index (κ3) is 4.99. The second-order valence-electron chi connectivity index (χ2n) is 10.0. The van der Waals surface area contributed by atoms with Crippen molar-refractivity contribution in [2.24, 2.45) is 0 Å². The summed E-state index contributed by atoms with van der Waals surface area (Å²) in [6.45, 7) is 2.04. The number of hydrogen-bond acceptors (Lipinski definition) is 6. The molecule has 0 bridgehead atoms. The summed E-state index contributed by atoms with van der Waals surface area (Å²) in [4.78, 5) is 23.6. The van der Waals surface area contributed by atoms with Gasteiger partial charge in [-0.05, 0) is 56.2 Å². The van der Waals surface area contributed by atoms with Crippen LogP contribution in [0.1, 0.15) is 53.8 Å². The van der Waals surface area contributed by atoms with Crippen LogP contribution < -0.4 is 10.0 Å². The Morgan fingerprint density at radius 3 is 2.38 bits per heavy atom. The Kier molecular flexibility index (Phi) is 6.56. The summed E-state index contributed by atoms with van der Waals surface area (Å²) in [6, 6.07) is 17.5. The molecule has 5 aromatic rings. The number of rotatable bonds is 7. The minimum absolute atomic E-state index is 0.0182. The number of nitrogens with one attached hydrogen (secondary N) is 2. The molecule has 1 amide bonds. The lowest BCUT2D eigenvalue weighted by Gasteiger charge is -2.23. The van der Waals surface area contributed by atoms with Crippen LogP contribution in [0, 0.1) is 6.92 Å². The van der Waals surface area contributed by atoms with Crippen LogP contribution in [0.25, 0.3) is 22.2 Å². The van der Waals surface area contributed by atoms with Gasteiger partial charge in [0.05, 0.1) is 28.7 Å². The summed E-state index contributed by atoms with van der Waals surface area (Å²) in [5.41, 5.74) is 3.05. The number of aryl methyl sites for hydroxylation is 1. The Hall–Kier alpha value is -4.18. The quantitative estimate of drug-likeness (QED) is 0.284. The third-order valence-corrected chi connectivity index (χ3v) is 8.53. The van der Waals surface area contributed by atoms with Crippen LogP contribution in [0.5, 0.6) is 0 Å². The molecule has 3 aromatic heterocycles. The second-order valence-corrected chi connectivity index (χ2v) is 11.7. The number of furan rings is 1. The monoisotopic (exact) mass is 543 g/mol. The number of hydrogen-bond donors (Lipinski definition) is 2. The van der Waals surface area contributed by atoms with E-state index < -0.39 is 10.0 Å². The second kappa shape index (κ2) is 10.2. The van der Waals surface area contributed by atoms with Crippen LogP contribution in [0.15, 0.2) is 76.2 Å². The molecule has 10 heteroatoms. The number of aromatic nitrogens is 3. The van der Waals surface area contributed by atoms with Gasteiger partial charge in [-0.2, -0.15) is 0 Å². The van der Waals surface area contributed by atoms with Crippen molar-refractivity contribution in [2.45, 2.75) is 56.5 Å². The van der Waals surface area contributed by atoms with E-state index in [1.807, 2.05) is 31.2 Å². The fraction of sp³-hybridized carbons (Fsp3) is 0.276. The Balaban J connectivity index is 1.56. The standard InChI is InChI=1S/C29H29N5O4S/c1-19-13-15-22(16-14-19)39(36,37)33-27-25(29(35)30-20-8-3-2-4-9-20)26-28(34(27)18-21-10-7-17-38-21)32-24-12-6-5-11-23(24)31-26/h5-7,10-17,20,33H,2-4,8-9,18H2,1H3,(H,30,35). The normalized spacial score (nSPS) is 14.6. The molecule has 1 fully saturated rings. The average Bonchev–Trinajstić information content (AvgIpc) is 3.54. The average molecular weight is 544 g/mol. The SMILES string of the molecule is Cc1ccc(S(=O)(=O)Nc2c(C(=O)NC3CCCCC3)c3nc4ccccc4nc3n2Cc2ccco2)cc1. The number of sulfonamides is 1. The Morgan fingerprint density at radius 2 is 1.69 bits per heavy atom. The number of anilines is 1. The molecule has 39 heavy (non-hydrogen) atoms. The molecule has 0 saturated heterocycles. The molecule has 0 spiro atoms. The molecule has 1 saturated carbocycles. The highest BCUT2D eigenvalue weighted by Crippen LogP contribution is 2.33. The van der Waals surface area contributed by atoms with Crippen molar-refractivity contribution in [1.29, 1.82) is 0 Å². The first kappa shape index (κ1) is 25.1. The summed E-state index contributed by atoms with van der Waals surface area (Å²) in [6.07, 6.45) is 6.56. The van der Waals surface area contributed by atoms with Gasteiger partial charge in [-0.1, -0.05) is 49.1 Å². The first-order chi connectivity index (χ1) is 18.9. The first-order valence-electron chi connectivity index (χ1n) is 13.1. The lowest BCUT2D eigenvalue weighted by molar-refractivity contribution is 0.0930. The van der Waals surface area contributed by atoms with Crippen molar-refractivity contribution in [3.05, 3.63) is 83.8 Å². The summed E-state index contributed by atoms with van der Waals surface area (Å²) < 4.78 is 37.2. The highest BCUT2D eigenvalue weighted by atomic mass is 32.2. The number of para-hydroxylation sites is 2. The maximum Gasteiger partial charge on any atom is 0.263 e. The zero-order chi connectivity index (χ0) is 27.0. The molecule has 0 atom stereocenters. The van der Waals surface area contributed by atoms with Gasteiger partial charge < -0.3 is 14.3 Å². The van der Waals surface area contributed by atoms with E-state index in [1.54, 1.807) is 47.2 Å². The lowest BCUT2D eigenvalue weighted by Crippen LogP contribution is -2.36. The molecule has 200 valence electrons. The number of nitrogens with zero attached hydrogens (tertiary/aromatic N) is 3. The Labute approximate surface area is 226 Å². The van der Waals surface area contributed by atoms with Crippen molar-refractivity contribution in [3.8, 4) is 0 Å². The predicted octanol–water partition coefficient (Wildman–Crippen LogP) is 5.40. The van der Waals surface area contributed by atoms with Gasteiger partial charge in [-0.15, -0.1) is 0 Å². The van der Waals surface area contributed by atoms with E-state index in [1.165, 1.54) is 0 Å². The summed E-state index contributed by atoms with van der Waals surface area (Å²) in [5, 5.41) is 3.14. The molecule has 2 aromatic carbocycles. The molecule has 0 radical (unpaired) electrons. The van der Waals surface area contributed by atoms with Gasteiger partial charge in [0.2, 0.25) is 0 Å². The highest BCUT2D eigenvalue weighted by molar-refractivity contribution is 7.92. The van der Waals surface area contributed by atoms with Crippen molar-refractivity contribution >= 4 is 43.9 Å². The molecule has 9 nitrogen and oxygen atoms in total. The number of fused-ring (bicyclic) bond motifs is 2. The van der Waals surface area contributed by atoms with E-state index in [-0.39, 0.29) is 34.8 Å². The molecule has 6 rings (SSSR count). The summed E-state index contributed by atoms with van der Waals surface area (Å²) in [7, 11) is -4.05. The minimum atomic E-state index is -4.05. The smallest absolute Gasteiger partial charge is 0.263 e. The minimum Gasteiger partial charge on any atom is -0.467 e. The molecule has 1 aliphatic carbocycles. The van der Waals surface area contributed by atoms with Crippen LogP contribution in [-0.4, -0.2) is 34.9 Å². The topological polar surface area (TPSA) is 119 Å². The Morgan fingerprint density at radius 1 is 0.974 bits per heavy atom. The van der Waals surface area contributed by atoms with Crippen LogP contribution >= 0.6 is 0 Å². The van der Waals surface area contributed by atoms with Gasteiger partial charge in [0.25, 0.3) is 15.9 Å². The highest BCUT2D eigenvalue weighted by Gasteiger charge is 2.30. The molecular formula is C29H29N5O4S. The van der Waals surface area contributed by atoms with E-state index in [4.69, 9.17) is 14.4 Å². The fourth-order valence-corrected chi connectivity index (χ4v) is 6.22. The molecule has 0 unspecified atom stereocenters. The van der Waals surface area contributed by atoms with Gasteiger partial charge in [0.1, 0.15) is 22.7 Å². The maximum atomic E-state index is 13.9. The molecule has 0 aliphatic heterocycles. The van der Waals surface area contributed by atoms with E-state index >= 15 is 0 Å². The van der Waals surface area contributed by atoms with E-state index in [0.29, 0.717) is 28.0 Å². The molecular weight excluding hydrogens is 514 g/mol. The number of carbonyl (C=O) groups excluding carboxylic acids is 1. The van der Waals surface area contributed by atoms with Crippen LogP contribution in [-0.2, 0) is 16.6 Å². The largest absolute Gasteiger partial charge is 0.467 e. The van der Waals surface area contributed by atoms with Crippen LogP contribution in [0.2, 0.25) is 0 Å². The van der Waals surface area contributed by atoms with Gasteiger partial charge in [-0.3, -0.25) is 9.52 Å². The van der Waals surface area contributed by atoms with Crippen LogP contribution in [0.3, 0.4) is 0 Å². The van der Waals surface area contributed by atoms with Crippen molar-refractivity contribution in [2.75, 3.05) is 4.72 Å². The van der Waals surface area contributed by atoms with Crippen LogP contribution in [0.4, 0.5) is 5.82 Å². The van der Waals surface area contributed by atoms with Gasteiger partial charge in [0.15, 0.2) is 5.65 Å². The zero-order valence-electron chi connectivity index (χ0n) is 21.6. The first-order valence-corrected chi connectivity index (χ1v) is 14.6. The van der Waals surface area contributed by atoms with Crippen molar-refractivity contribution in [3.63, 3.8) is 0 Å². The van der Waals surface area contributed by atoms with Gasteiger partial charge >= 0.3 is 0 Å². The lowest BCUT2D eigenvalue weighted by atomic mass is 9.95. The van der Waals surface area contributed by atoms with Crippen molar-refractivity contribution < 1.29 is 17.6 Å². The van der Waals surface area contributed by atoms with Gasteiger partial charge in [-0.25, -0.2) is 18.4 Å². The Bertz CT molecular complexity index is 1750. The van der Waals surface area contributed by atoms with Gasteiger partial charge in [0, 0.05) is 6.04 Å². The van der Waals surface area contributed by atoms with E-state index in [0.717, 1.165) is 37.7 Å². The number of carbonyl (C=O) groups is 1. The van der Waals surface area contributed by atoms with E-state index in [2.05, 4.69) is 10.0 Å². The summed E-state index contributed by atoms with van der Waals surface area (Å²) >= 11 is 0. The number of amides is 1. The fourth-order valence-electron chi connectivity index (χ4n) is 5.14. The molecule has 1 aliphatic rings. The summed E-state index contributed by atoms with van der Waals surface area (Å²) in [5.74, 6) is 0.304. The third-order valence-electron chi connectivity index (χ3n) is 7.18.